The SMILES string of the molecule is CCC(Sc1cccc(NC(=O)c2ccc(C(=O)O)cc2C(=O)O)c1)C(=O)Nc1nccs1. The highest BCUT2D eigenvalue weighted by Crippen LogP contribution is 2.29. The average molecular weight is 486 g/mol. The lowest BCUT2D eigenvalue weighted by Crippen LogP contribution is -2.24. The smallest absolute Gasteiger partial charge is 0.336 e. The van der Waals surface area contributed by atoms with Crippen LogP contribution in [0.2, 0.25) is 0 Å². The van der Waals surface area contributed by atoms with Gasteiger partial charge in [-0.1, -0.05) is 13.0 Å². The summed E-state index contributed by atoms with van der Waals surface area (Å²) in [7, 11) is 0. The van der Waals surface area contributed by atoms with Gasteiger partial charge in [0.2, 0.25) is 5.91 Å². The van der Waals surface area contributed by atoms with E-state index in [1.807, 2.05) is 6.92 Å². The zero-order chi connectivity index (χ0) is 24.0. The molecule has 0 saturated heterocycles. The second-order valence-electron chi connectivity index (χ2n) is 6.69. The van der Waals surface area contributed by atoms with Crippen molar-refractivity contribution < 1.29 is 29.4 Å². The van der Waals surface area contributed by atoms with Gasteiger partial charge in [-0.25, -0.2) is 14.6 Å². The lowest BCUT2D eigenvalue weighted by Gasteiger charge is -2.14. The molecule has 0 aliphatic rings. The van der Waals surface area contributed by atoms with Crippen LogP contribution in [0, 0.1) is 0 Å². The van der Waals surface area contributed by atoms with E-state index in [9.17, 15) is 24.3 Å². The third-order valence-electron chi connectivity index (χ3n) is 4.44. The van der Waals surface area contributed by atoms with Crippen molar-refractivity contribution in [3.05, 3.63) is 70.7 Å². The largest absolute Gasteiger partial charge is 0.478 e. The topological polar surface area (TPSA) is 146 Å². The molecule has 1 unspecified atom stereocenters. The molecule has 2 aromatic carbocycles. The molecule has 1 heterocycles. The molecule has 0 bridgehead atoms. The molecule has 0 aliphatic carbocycles. The maximum atomic E-state index is 12.7. The van der Waals surface area contributed by atoms with Gasteiger partial charge in [0.1, 0.15) is 0 Å². The molecular weight excluding hydrogens is 466 g/mol. The summed E-state index contributed by atoms with van der Waals surface area (Å²) < 4.78 is 0. The van der Waals surface area contributed by atoms with E-state index in [-0.39, 0.29) is 22.3 Å². The first kappa shape index (κ1) is 24.0. The van der Waals surface area contributed by atoms with Crippen molar-refractivity contribution in [3.8, 4) is 0 Å². The monoisotopic (exact) mass is 485 g/mol. The number of nitrogens with one attached hydrogen (secondary N) is 2. The Labute approximate surface area is 196 Å². The Bertz CT molecular complexity index is 1200. The predicted molar refractivity (Wildman–Crippen MR) is 125 cm³/mol. The van der Waals surface area contributed by atoms with Crippen LogP contribution in [0.3, 0.4) is 0 Å². The molecule has 0 aliphatic heterocycles. The standard InChI is InChI=1S/C22H19N3O6S2/c1-2-17(19(27)25-22-23-8-9-32-22)33-14-5-3-4-13(11-14)24-18(26)15-7-6-12(20(28)29)10-16(15)21(30)31/h3-11,17H,2H2,1H3,(H,24,26)(H,28,29)(H,30,31)(H,23,25,27). The number of nitrogens with zero attached hydrogens (tertiary/aromatic N) is 1. The van der Waals surface area contributed by atoms with Gasteiger partial charge in [-0.2, -0.15) is 0 Å². The zero-order valence-corrected chi connectivity index (χ0v) is 18.9. The lowest BCUT2D eigenvalue weighted by molar-refractivity contribution is -0.115. The number of carboxylic acids is 2. The van der Waals surface area contributed by atoms with Crippen LogP contribution in [0.5, 0.6) is 0 Å². The molecule has 0 fully saturated rings. The number of benzene rings is 2. The third kappa shape index (κ3) is 6.18. The fourth-order valence-electron chi connectivity index (χ4n) is 2.86. The minimum atomic E-state index is -1.41. The number of carbonyl (C=O) groups excluding carboxylic acids is 2. The van der Waals surface area contributed by atoms with Crippen LogP contribution in [0.15, 0.2) is 58.9 Å². The summed E-state index contributed by atoms with van der Waals surface area (Å²) in [5.74, 6) is -3.58. The van der Waals surface area contributed by atoms with Crippen molar-refractivity contribution in [2.45, 2.75) is 23.5 Å². The molecule has 1 atom stereocenters. The molecule has 0 saturated carbocycles. The first-order valence-electron chi connectivity index (χ1n) is 9.67. The lowest BCUT2D eigenvalue weighted by atomic mass is 10.0. The molecule has 33 heavy (non-hydrogen) atoms. The van der Waals surface area contributed by atoms with Gasteiger partial charge in [-0.3, -0.25) is 9.59 Å². The maximum absolute atomic E-state index is 12.7. The molecule has 3 aromatic rings. The number of aromatic nitrogens is 1. The molecule has 11 heteroatoms. The minimum Gasteiger partial charge on any atom is -0.478 e. The van der Waals surface area contributed by atoms with Gasteiger partial charge < -0.3 is 20.8 Å². The predicted octanol–water partition coefficient (Wildman–Crippen LogP) is 4.30. The number of carbonyl (C=O) groups is 4. The van der Waals surface area contributed by atoms with E-state index >= 15 is 0 Å². The molecule has 9 nitrogen and oxygen atoms in total. The summed E-state index contributed by atoms with van der Waals surface area (Å²) in [6.45, 7) is 1.89. The Balaban J connectivity index is 1.74. The van der Waals surface area contributed by atoms with Crippen LogP contribution in [0.4, 0.5) is 10.8 Å². The maximum Gasteiger partial charge on any atom is 0.336 e. The van der Waals surface area contributed by atoms with Gasteiger partial charge in [0.25, 0.3) is 5.91 Å². The van der Waals surface area contributed by atoms with Crippen LogP contribution in [0.1, 0.15) is 44.4 Å². The molecular formula is C22H19N3O6S2. The van der Waals surface area contributed by atoms with E-state index in [1.54, 1.807) is 35.8 Å². The number of thiazole rings is 1. The number of aromatic carboxylic acids is 2. The van der Waals surface area contributed by atoms with E-state index in [4.69, 9.17) is 5.11 Å². The second kappa shape index (κ2) is 10.7. The molecule has 1 aromatic heterocycles. The quantitative estimate of drug-likeness (QED) is 0.328. The van der Waals surface area contributed by atoms with Gasteiger partial charge in [0.15, 0.2) is 5.13 Å². The molecule has 0 radical (unpaired) electrons. The summed E-state index contributed by atoms with van der Waals surface area (Å²) in [4.78, 5) is 52.6. The number of rotatable bonds is 9. The third-order valence-corrected chi connectivity index (χ3v) is 6.48. The van der Waals surface area contributed by atoms with Gasteiger partial charge in [0.05, 0.1) is 21.9 Å². The van der Waals surface area contributed by atoms with Crippen molar-refractivity contribution in [2.24, 2.45) is 0 Å². The highest BCUT2D eigenvalue weighted by Gasteiger charge is 2.21. The van der Waals surface area contributed by atoms with Crippen LogP contribution in [0.25, 0.3) is 0 Å². The van der Waals surface area contributed by atoms with Crippen molar-refractivity contribution in [1.29, 1.82) is 0 Å². The van der Waals surface area contributed by atoms with Crippen molar-refractivity contribution in [3.63, 3.8) is 0 Å². The van der Waals surface area contributed by atoms with E-state index in [0.29, 0.717) is 17.2 Å². The fraction of sp³-hybridized carbons (Fsp3) is 0.136. The molecule has 0 spiro atoms. The number of thioether (sulfide) groups is 1. The van der Waals surface area contributed by atoms with E-state index in [0.717, 1.165) is 17.0 Å². The highest BCUT2D eigenvalue weighted by atomic mass is 32.2. The summed E-state index contributed by atoms with van der Waals surface area (Å²) in [5.41, 5.74) is -0.412. The number of carboxylic acid groups (broad SMARTS) is 2. The first-order chi connectivity index (χ1) is 15.8. The Kier molecular flexibility index (Phi) is 7.80. The average Bonchev–Trinajstić information content (AvgIpc) is 3.30. The molecule has 170 valence electrons. The Morgan fingerprint density at radius 3 is 2.45 bits per heavy atom. The number of hydrogen-bond acceptors (Lipinski definition) is 7. The molecule has 2 amide bonds. The minimum absolute atomic E-state index is 0.167. The first-order valence-corrected chi connectivity index (χ1v) is 11.4. The second-order valence-corrected chi connectivity index (χ2v) is 8.86. The number of amides is 2. The summed E-state index contributed by atoms with van der Waals surface area (Å²) in [5, 5.41) is 25.7. The Hall–Kier alpha value is -3.70. The molecule has 4 N–H and O–H groups in total. The van der Waals surface area contributed by atoms with Crippen LogP contribution >= 0.6 is 23.1 Å². The van der Waals surface area contributed by atoms with Gasteiger partial charge in [0, 0.05) is 22.2 Å². The van der Waals surface area contributed by atoms with Gasteiger partial charge in [-0.15, -0.1) is 23.1 Å². The Morgan fingerprint density at radius 2 is 1.82 bits per heavy atom. The summed E-state index contributed by atoms with van der Waals surface area (Å²) in [6.07, 6.45) is 2.17. The van der Waals surface area contributed by atoms with Crippen molar-refractivity contribution in [2.75, 3.05) is 10.6 Å². The Morgan fingerprint density at radius 1 is 1.03 bits per heavy atom. The van der Waals surface area contributed by atoms with Crippen LogP contribution < -0.4 is 10.6 Å². The molecule has 3 rings (SSSR count). The van der Waals surface area contributed by atoms with Crippen molar-refractivity contribution >= 4 is 57.7 Å². The van der Waals surface area contributed by atoms with Gasteiger partial charge in [-0.05, 0) is 42.8 Å². The number of hydrogen-bond donors (Lipinski definition) is 4. The number of anilines is 2. The van der Waals surface area contributed by atoms with E-state index in [2.05, 4.69) is 15.6 Å². The summed E-state index contributed by atoms with van der Waals surface area (Å²) >= 11 is 2.65. The summed E-state index contributed by atoms with van der Waals surface area (Å²) in [6, 6.07) is 10.1. The van der Waals surface area contributed by atoms with E-state index in [1.165, 1.54) is 29.2 Å². The van der Waals surface area contributed by atoms with Crippen LogP contribution in [-0.2, 0) is 4.79 Å². The highest BCUT2D eigenvalue weighted by molar-refractivity contribution is 8.00. The fourth-order valence-corrected chi connectivity index (χ4v) is 4.40. The van der Waals surface area contributed by atoms with Gasteiger partial charge >= 0.3 is 11.9 Å². The normalized spacial score (nSPS) is 11.4. The zero-order valence-electron chi connectivity index (χ0n) is 17.3. The van der Waals surface area contributed by atoms with Crippen molar-refractivity contribution in [1.82, 2.24) is 4.98 Å². The van der Waals surface area contributed by atoms with Crippen LogP contribution in [-0.4, -0.2) is 44.2 Å². The van der Waals surface area contributed by atoms with E-state index < -0.39 is 23.4 Å².